The lowest BCUT2D eigenvalue weighted by molar-refractivity contribution is -0.148. The minimum atomic E-state index is -0.892. The molecule has 0 atom stereocenters. The Hall–Kier alpha value is -3.68. The maximum Gasteiger partial charge on any atom is 0.330 e. The van der Waals surface area contributed by atoms with Gasteiger partial charge in [0.15, 0.2) is 0 Å². The number of rotatable bonds is 24. The molecular weight excluding hydrogens is 761 g/mol. The summed E-state index contributed by atoms with van der Waals surface area (Å²) in [5, 5.41) is 6.07. The van der Waals surface area contributed by atoms with Crippen LogP contribution >= 0.6 is 27.9 Å². The Bertz CT molecular complexity index is 1580. The van der Waals surface area contributed by atoms with E-state index in [0.717, 1.165) is 16.6 Å². The average Bonchev–Trinajstić information content (AvgIpc) is 3.07. The van der Waals surface area contributed by atoms with Crippen molar-refractivity contribution in [1.29, 1.82) is 0 Å². The van der Waals surface area contributed by atoms with Gasteiger partial charge in [-0.3, -0.25) is 14.4 Å². The van der Waals surface area contributed by atoms with Gasteiger partial charge in [0.25, 0.3) is 5.91 Å². The maximum absolute atomic E-state index is 14.2. The SMILES string of the molecule is CN(C/C=C/C(=O)OC(C)(C)C)COCCOCCOCCOCCNSc1ccc(Nc2ncc(Br)c(Nc3cccc(F)c3C(N)=O)n2)cc1. The Morgan fingerprint density at radius 1 is 0.962 bits per heavy atom. The first-order valence-electron chi connectivity index (χ1n) is 16.4. The van der Waals surface area contributed by atoms with Crippen molar-refractivity contribution in [2.75, 3.05) is 83.7 Å². The third-order valence-corrected chi connectivity index (χ3v) is 7.85. The molecule has 0 aliphatic heterocycles. The smallest absolute Gasteiger partial charge is 0.330 e. The van der Waals surface area contributed by atoms with Crippen molar-refractivity contribution in [2.24, 2.45) is 5.73 Å². The number of amides is 1. The first kappa shape index (κ1) is 42.7. The molecule has 2 aromatic carbocycles. The highest BCUT2D eigenvalue weighted by molar-refractivity contribution is 9.10. The molecular formula is C35H47BrFN7O7S. The fourth-order valence-corrected chi connectivity index (χ4v) is 5.02. The van der Waals surface area contributed by atoms with Gasteiger partial charge in [-0.05, 0) is 92.1 Å². The third kappa shape index (κ3) is 17.2. The number of primary amides is 1. The van der Waals surface area contributed by atoms with E-state index in [9.17, 15) is 14.0 Å². The van der Waals surface area contributed by atoms with Crippen LogP contribution in [0, 0.1) is 5.82 Å². The molecule has 0 saturated heterocycles. The molecule has 0 bridgehead atoms. The van der Waals surface area contributed by atoms with Crippen LogP contribution in [0.4, 0.5) is 27.5 Å². The Kier molecular flexibility index (Phi) is 19.0. The van der Waals surface area contributed by atoms with Gasteiger partial charge in [0.2, 0.25) is 5.95 Å². The lowest BCUT2D eigenvalue weighted by Gasteiger charge is -2.18. The standard InChI is InChI=1S/C35H47BrFN7O7S/c1-35(2,3)51-30(45)9-6-15-44(4)24-50-22-21-49-20-19-48-18-17-47-16-14-40-52-26-12-10-25(11-13-26)41-34-39-23-27(36)33(43-34)42-29-8-5-7-28(37)31(29)32(38)46/h5-13,23,40H,14-22,24H2,1-4H3,(H2,38,46)(H2,39,41,42,43)/b9-6+. The topological polar surface area (TPSA) is 171 Å². The van der Waals surface area contributed by atoms with E-state index in [2.05, 4.69) is 41.3 Å². The number of nitrogens with zero attached hydrogens (tertiary/aromatic N) is 3. The highest BCUT2D eigenvalue weighted by atomic mass is 79.9. The van der Waals surface area contributed by atoms with E-state index in [1.807, 2.05) is 57.0 Å². The van der Waals surface area contributed by atoms with Crippen molar-refractivity contribution in [1.82, 2.24) is 19.6 Å². The molecule has 1 heterocycles. The summed E-state index contributed by atoms with van der Waals surface area (Å²) in [6, 6.07) is 11.8. The predicted molar refractivity (Wildman–Crippen MR) is 202 cm³/mol. The highest BCUT2D eigenvalue weighted by Gasteiger charge is 2.16. The summed E-state index contributed by atoms with van der Waals surface area (Å²) in [4.78, 5) is 35.1. The zero-order chi connectivity index (χ0) is 37.8. The monoisotopic (exact) mass is 807 g/mol. The predicted octanol–water partition coefficient (Wildman–Crippen LogP) is 5.41. The molecule has 52 heavy (non-hydrogen) atoms. The molecule has 0 unspecified atom stereocenters. The van der Waals surface area contributed by atoms with Crippen molar-refractivity contribution < 1.29 is 37.7 Å². The minimum absolute atomic E-state index is 0.190. The third-order valence-electron chi connectivity index (χ3n) is 6.41. The lowest BCUT2D eigenvalue weighted by atomic mass is 10.1. The average molecular weight is 809 g/mol. The normalized spacial score (nSPS) is 11.7. The van der Waals surface area contributed by atoms with Crippen molar-refractivity contribution in [2.45, 2.75) is 31.3 Å². The Morgan fingerprint density at radius 3 is 2.27 bits per heavy atom. The summed E-state index contributed by atoms with van der Waals surface area (Å²) in [6.07, 6.45) is 4.71. The summed E-state index contributed by atoms with van der Waals surface area (Å²) >= 11 is 4.86. The van der Waals surface area contributed by atoms with Crippen LogP contribution in [0.25, 0.3) is 0 Å². The molecule has 17 heteroatoms. The van der Waals surface area contributed by atoms with E-state index in [1.165, 1.54) is 36.4 Å². The number of benzene rings is 2. The van der Waals surface area contributed by atoms with Crippen LogP contribution in [0.1, 0.15) is 31.1 Å². The molecule has 3 aromatic rings. The molecule has 1 aromatic heterocycles. The van der Waals surface area contributed by atoms with Crippen LogP contribution < -0.4 is 21.1 Å². The molecule has 5 N–H and O–H groups in total. The zero-order valence-corrected chi connectivity index (χ0v) is 32.2. The van der Waals surface area contributed by atoms with Crippen LogP contribution in [-0.2, 0) is 28.5 Å². The van der Waals surface area contributed by atoms with Gasteiger partial charge in [0, 0.05) is 35.9 Å². The number of carbonyl (C=O) groups excluding carboxylic acids is 2. The van der Waals surface area contributed by atoms with Gasteiger partial charge in [-0.2, -0.15) is 4.98 Å². The second-order valence-corrected chi connectivity index (χ2v) is 13.9. The molecule has 0 radical (unpaired) electrons. The number of nitrogens with two attached hydrogens (primary N) is 1. The number of ether oxygens (including phenoxy) is 5. The van der Waals surface area contributed by atoms with E-state index in [1.54, 1.807) is 6.08 Å². The van der Waals surface area contributed by atoms with Gasteiger partial charge < -0.3 is 40.1 Å². The van der Waals surface area contributed by atoms with Crippen molar-refractivity contribution in [3.8, 4) is 0 Å². The van der Waals surface area contributed by atoms with Crippen molar-refractivity contribution >= 4 is 62.9 Å². The summed E-state index contributed by atoms with van der Waals surface area (Å²) in [6.45, 7) is 10.5. The largest absolute Gasteiger partial charge is 0.457 e. The summed E-state index contributed by atoms with van der Waals surface area (Å²) in [5.74, 6) is -1.36. The number of nitrogens with one attached hydrogen (secondary N) is 3. The second-order valence-electron chi connectivity index (χ2n) is 12.0. The maximum atomic E-state index is 14.2. The van der Waals surface area contributed by atoms with E-state index in [0.29, 0.717) is 82.3 Å². The fourth-order valence-electron chi connectivity index (χ4n) is 4.10. The van der Waals surface area contributed by atoms with Gasteiger partial charge in [0.05, 0.1) is 68.7 Å². The van der Waals surface area contributed by atoms with Crippen molar-refractivity contribution in [3.63, 3.8) is 0 Å². The van der Waals surface area contributed by atoms with E-state index in [-0.39, 0.29) is 17.2 Å². The number of hydrogen-bond acceptors (Lipinski definition) is 14. The molecule has 284 valence electrons. The minimum Gasteiger partial charge on any atom is -0.457 e. The first-order chi connectivity index (χ1) is 24.9. The molecule has 14 nitrogen and oxygen atoms in total. The quantitative estimate of drug-likeness (QED) is 0.0298. The van der Waals surface area contributed by atoms with Crippen LogP contribution in [-0.4, -0.2) is 105 Å². The summed E-state index contributed by atoms with van der Waals surface area (Å²) in [5.41, 5.74) is 5.55. The number of hydrogen-bond donors (Lipinski definition) is 4. The lowest BCUT2D eigenvalue weighted by Crippen LogP contribution is -2.24. The number of esters is 1. The number of likely N-dealkylation sites (N-methyl/N-ethyl adjacent to an activating group) is 1. The fraction of sp³-hybridized carbons (Fsp3) is 0.429. The molecule has 0 aliphatic rings. The Balaban J connectivity index is 1.19. The number of halogens is 2. The van der Waals surface area contributed by atoms with Crippen LogP contribution in [0.15, 0.2) is 70.2 Å². The Morgan fingerprint density at radius 2 is 1.62 bits per heavy atom. The van der Waals surface area contributed by atoms with Crippen LogP contribution in [0.5, 0.6) is 0 Å². The van der Waals surface area contributed by atoms with Crippen LogP contribution in [0.3, 0.4) is 0 Å². The summed E-state index contributed by atoms with van der Waals surface area (Å²) in [7, 11) is 1.89. The Labute approximate surface area is 316 Å². The van der Waals surface area contributed by atoms with E-state index < -0.39 is 17.3 Å². The number of carbonyl (C=O) groups is 2. The molecule has 1 amide bonds. The van der Waals surface area contributed by atoms with Crippen LogP contribution in [0.2, 0.25) is 0 Å². The van der Waals surface area contributed by atoms with E-state index >= 15 is 0 Å². The molecule has 3 rings (SSSR count). The van der Waals surface area contributed by atoms with Gasteiger partial charge >= 0.3 is 5.97 Å². The van der Waals surface area contributed by atoms with Gasteiger partial charge in [0.1, 0.15) is 17.2 Å². The molecule has 0 spiro atoms. The van der Waals surface area contributed by atoms with Gasteiger partial charge in [-0.25, -0.2) is 14.2 Å². The zero-order valence-electron chi connectivity index (χ0n) is 29.8. The summed E-state index contributed by atoms with van der Waals surface area (Å²) < 4.78 is 45.4. The second kappa shape index (κ2) is 23.1. The van der Waals surface area contributed by atoms with Gasteiger partial charge in [-0.15, -0.1) is 0 Å². The number of aromatic nitrogens is 2. The number of anilines is 4. The van der Waals surface area contributed by atoms with E-state index in [4.69, 9.17) is 29.4 Å². The molecule has 0 aliphatic carbocycles. The van der Waals surface area contributed by atoms with Gasteiger partial charge in [-0.1, -0.05) is 12.1 Å². The molecule has 0 saturated carbocycles. The highest BCUT2D eigenvalue weighted by Crippen LogP contribution is 2.28. The molecule has 0 fully saturated rings. The van der Waals surface area contributed by atoms with Crippen molar-refractivity contribution in [3.05, 3.63) is 76.7 Å². The first-order valence-corrected chi connectivity index (χ1v) is 18.1.